The average Bonchev–Trinajstić information content (AvgIpc) is 2.53. The van der Waals surface area contributed by atoms with Crippen LogP contribution in [0.15, 0.2) is 48.5 Å². The van der Waals surface area contributed by atoms with Crippen LogP contribution in [0, 0.1) is 0 Å². The Morgan fingerprint density at radius 1 is 0.960 bits per heavy atom. The lowest BCUT2D eigenvalue weighted by atomic mass is 9.87. The number of rotatable bonds is 5. The number of carbonyl (C=O) groups is 2. The predicted octanol–water partition coefficient (Wildman–Crippen LogP) is 3.96. The molecule has 0 atom stereocenters. The first kappa shape index (κ1) is 18.5. The lowest BCUT2D eigenvalue weighted by molar-refractivity contribution is -0.118. The highest BCUT2D eigenvalue weighted by Gasteiger charge is 2.13. The molecule has 0 saturated heterocycles. The summed E-state index contributed by atoms with van der Waals surface area (Å²) in [6.45, 7) is 7.70. The normalized spacial score (nSPS) is 10.9. The Morgan fingerprint density at radius 3 is 2.20 bits per heavy atom. The third-order valence-corrected chi connectivity index (χ3v) is 3.59. The molecule has 0 unspecified atom stereocenters. The third kappa shape index (κ3) is 5.64. The number of nitrogens with one attached hydrogen (secondary N) is 2. The van der Waals surface area contributed by atoms with Crippen molar-refractivity contribution in [3.8, 4) is 5.75 Å². The van der Waals surface area contributed by atoms with Crippen LogP contribution < -0.4 is 15.4 Å². The van der Waals surface area contributed by atoms with Crippen molar-refractivity contribution in [2.24, 2.45) is 0 Å². The molecule has 5 nitrogen and oxygen atoms in total. The van der Waals surface area contributed by atoms with Gasteiger partial charge in [-0.05, 0) is 35.2 Å². The second kappa shape index (κ2) is 7.83. The van der Waals surface area contributed by atoms with E-state index in [-0.39, 0.29) is 23.8 Å². The molecule has 0 aliphatic heterocycles. The van der Waals surface area contributed by atoms with Crippen LogP contribution in [0.3, 0.4) is 0 Å². The molecule has 0 heterocycles. The summed E-state index contributed by atoms with van der Waals surface area (Å²) in [6.07, 6.45) is 0. The minimum Gasteiger partial charge on any atom is -0.482 e. The summed E-state index contributed by atoms with van der Waals surface area (Å²) in [4.78, 5) is 23.3. The highest BCUT2D eigenvalue weighted by Crippen LogP contribution is 2.24. The van der Waals surface area contributed by atoms with Gasteiger partial charge < -0.3 is 15.4 Å². The zero-order valence-corrected chi connectivity index (χ0v) is 15.1. The monoisotopic (exact) mass is 340 g/mol. The third-order valence-electron chi connectivity index (χ3n) is 3.59. The minimum atomic E-state index is -0.263. The predicted molar refractivity (Wildman–Crippen MR) is 100 cm³/mol. The van der Waals surface area contributed by atoms with Crippen molar-refractivity contribution >= 4 is 23.2 Å². The highest BCUT2D eigenvalue weighted by molar-refractivity contribution is 5.92. The van der Waals surface area contributed by atoms with Crippen molar-refractivity contribution < 1.29 is 14.3 Å². The van der Waals surface area contributed by atoms with Gasteiger partial charge in [0, 0.05) is 12.6 Å². The fourth-order valence-corrected chi connectivity index (χ4v) is 2.28. The van der Waals surface area contributed by atoms with Gasteiger partial charge in [-0.3, -0.25) is 9.59 Å². The maximum atomic E-state index is 12.1. The van der Waals surface area contributed by atoms with E-state index in [0.29, 0.717) is 11.4 Å². The summed E-state index contributed by atoms with van der Waals surface area (Å²) in [5.74, 6) is -0.00323. The van der Waals surface area contributed by atoms with Crippen LogP contribution in [0.25, 0.3) is 0 Å². The molecule has 0 saturated carbocycles. The van der Waals surface area contributed by atoms with Crippen LogP contribution in [-0.2, 0) is 15.0 Å². The smallest absolute Gasteiger partial charge is 0.262 e. The lowest BCUT2D eigenvalue weighted by Crippen LogP contribution is -2.21. The number of benzene rings is 2. The lowest BCUT2D eigenvalue weighted by Gasteiger charge is -2.19. The topological polar surface area (TPSA) is 67.4 Å². The van der Waals surface area contributed by atoms with E-state index in [4.69, 9.17) is 4.74 Å². The maximum absolute atomic E-state index is 12.1. The van der Waals surface area contributed by atoms with E-state index in [9.17, 15) is 9.59 Å². The van der Waals surface area contributed by atoms with E-state index in [2.05, 4.69) is 31.4 Å². The van der Waals surface area contributed by atoms with Crippen molar-refractivity contribution in [2.75, 3.05) is 17.2 Å². The summed E-state index contributed by atoms with van der Waals surface area (Å²) >= 11 is 0. The molecule has 0 aliphatic rings. The first-order valence-corrected chi connectivity index (χ1v) is 8.15. The molecule has 132 valence electrons. The molecule has 2 rings (SSSR count). The van der Waals surface area contributed by atoms with Crippen LogP contribution in [0.2, 0.25) is 0 Å². The second-order valence-electron chi connectivity index (χ2n) is 6.84. The molecular weight excluding hydrogens is 316 g/mol. The largest absolute Gasteiger partial charge is 0.482 e. The number of anilines is 2. The fourth-order valence-electron chi connectivity index (χ4n) is 2.28. The van der Waals surface area contributed by atoms with Gasteiger partial charge in [0.15, 0.2) is 6.61 Å². The number of amides is 2. The summed E-state index contributed by atoms with van der Waals surface area (Å²) in [6, 6.07) is 14.8. The molecular formula is C20H24N2O3. The fraction of sp³-hybridized carbons (Fsp3) is 0.300. The van der Waals surface area contributed by atoms with E-state index in [1.807, 2.05) is 24.3 Å². The standard InChI is InChI=1S/C20H24N2O3/c1-14(23)21-17-7-5-6-8-18(17)25-13-19(24)22-16-11-9-15(10-12-16)20(2,3)4/h5-12H,13H2,1-4H3,(H,21,23)(H,22,24). The second-order valence-corrected chi connectivity index (χ2v) is 6.84. The van der Waals surface area contributed by atoms with Crippen molar-refractivity contribution in [1.82, 2.24) is 0 Å². The van der Waals surface area contributed by atoms with Gasteiger partial charge in [0.05, 0.1) is 5.69 Å². The molecule has 2 aromatic rings. The summed E-state index contributed by atoms with van der Waals surface area (Å²) in [5.41, 5.74) is 2.53. The van der Waals surface area contributed by atoms with E-state index in [1.54, 1.807) is 24.3 Å². The number of hydrogen-bond acceptors (Lipinski definition) is 3. The van der Waals surface area contributed by atoms with E-state index >= 15 is 0 Å². The Bertz CT molecular complexity index is 746. The van der Waals surface area contributed by atoms with E-state index in [0.717, 1.165) is 5.69 Å². The first-order chi connectivity index (χ1) is 11.8. The van der Waals surface area contributed by atoms with Gasteiger partial charge in [-0.25, -0.2) is 0 Å². The zero-order valence-electron chi connectivity index (χ0n) is 15.1. The molecule has 5 heteroatoms. The van der Waals surface area contributed by atoms with Gasteiger partial charge in [-0.1, -0.05) is 45.0 Å². The molecule has 0 fully saturated rings. The quantitative estimate of drug-likeness (QED) is 0.866. The Labute approximate surface area is 148 Å². The van der Waals surface area contributed by atoms with Crippen LogP contribution in [0.5, 0.6) is 5.75 Å². The van der Waals surface area contributed by atoms with Crippen LogP contribution in [-0.4, -0.2) is 18.4 Å². The van der Waals surface area contributed by atoms with Crippen molar-refractivity contribution in [1.29, 1.82) is 0 Å². The summed E-state index contributed by atoms with van der Waals surface area (Å²) < 4.78 is 5.52. The molecule has 0 aromatic heterocycles. The Kier molecular flexibility index (Phi) is 5.80. The number of hydrogen-bond donors (Lipinski definition) is 2. The molecule has 25 heavy (non-hydrogen) atoms. The van der Waals surface area contributed by atoms with Gasteiger partial charge in [-0.2, -0.15) is 0 Å². The summed E-state index contributed by atoms with van der Waals surface area (Å²) in [7, 11) is 0. The van der Waals surface area contributed by atoms with Gasteiger partial charge in [0.1, 0.15) is 5.75 Å². The Morgan fingerprint density at radius 2 is 1.60 bits per heavy atom. The molecule has 2 amide bonds. The van der Waals surface area contributed by atoms with Gasteiger partial charge in [0.2, 0.25) is 5.91 Å². The van der Waals surface area contributed by atoms with Gasteiger partial charge in [0.25, 0.3) is 5.91 Å². The van der Waals surface area contributed by atoms with Crippen LogP contribution in [0.1, 0.15) is 33.3 Å². The average molecular weight is 340 g/mol. The van der Waals surface area contributed by atoms with E-state index in [1.165, 1.54) is 12.5 Å². The number of carbonyl (C=O) groups excluding carboxylic acids is 2. The summed E-state index contributed by atoms with van der Waals surface area (Å²) in [5, 5.41) is 5.47. The molecule has 0 aliphatic carbocycles. The minimum absolute atomic E-state index is 0.0685. The Hall–Kier alpha value is -2.82. The Balaban J connectivity index is 1.94. The first-order valence-electron chi connectivity index (χ1n) is 8.15. The number of ether oxygens (including phenoxy) is 1. The molecule has 0 spiro atoms. The van der Waals surface area contributed by atoms with Crippen molar-refractivity contribution in [3.05, 3.63) is 54.1 Å². The maximum Gasteiger partial charge on any atom is 0.262 e. The zero-order chi connectivity index (χ0) is 18.4. The van der Waals surface area contributed by atoms with Crippen molar-refractivity contribution in [3.63, 3.8) is 0 Å². The molecule has 2 N–H and O–H groups in total. The van der Waals surface area contributed by atoms with Gasteiger partial charge in [-0.15, -0.1) is 0 Å². The SMILES string of the molecule is CC(=O)Nc1ccccc1OCC(=O)Nc1ccc(C(C)(C)C)cc1. The van der Waals surface area contributed by atoms with Gasteiger partial charge >= 0.3 is 0 Å². The number of para-hydroxylation sites is 2. The molecule has 0 radical (unpaired) electrons. The van der Waals surface area contributed by atoms with E-state index < -0.39 is 0 Å². The van der Waals surface area contributed by atoms with Crippen LogP contribution >= 0.6 is 0 Å². The van der Waals surface area contributed by atoms with Crippen molar-refractivity contribution in [2.45, 2.75) is 33.1 Å². The molecule has 2 aromatic carbocycles. The highest BCUT2D eigenvalue weighted by atomic mass is 16.5. The molecule has 0 bridgehead atoms. The van der Waals surface area contributed by atoms with Crippen LogP contribution in [0.4, 0.5) is 11.4 Å².